The Hall–Kier alpha value is -4.08. The summed E-state index contributed by atoms with van der Waals surface area (Å²) in [6.45, 7) is 2.34. The molecule has 1 amide bonds. The number of amides is 1. The molecule has 0 spiro atoms. The van der Waals surface area contributed by atoms with Gasteiger partial charge in [-0.1, -0.05) is 35.9 Å². The number of esters is 1. The van der Waals surface area contributed by atoms with Crippen molar-refractivity contribution in [1.82, 2.24) is 0 Å². The standard InChI is InChI=1S/C26H21ClN2O4/c1-2-32-26(31)20-9-11-23(12-10-20)29-25(30)21(16-28)13-18-5-4-8-24(15-18)33-17-19-6-3-7-22(27)14-19/h3-15H,2,17H2,1H3,(H,29,30)/b21-13-. The van der Waals surface area contributed by atoms with Crippen LogP contribution in [0.2, 0.25) is 5.02 Å². The number of benzene rings is 3. The Labute approximate surface area is 197 Å². The summed E-state index contributed by atoms with van der Waals surface area (Å²) >= 11 is 5.99. The molecule has 6 nitrogen and oxygen atoms in total. The summed E-state index contributed by atoms with van der Waals surface area (Å²) in [4.78, 5) is 24.3. The topological polar surface area (TPSA) is 88.4 Å². The Balaban J connectivity index is 1.67. The first-order valence-electron chi connectivity index (χ1n) is 10.2. The molecule has 0 aliphatic carbocycles. The number of hydrogen-bond acceptors (Lipinski definition) is 5. The number of nitrogens with zero attached hydrogens (tertiary/aromatic N) is 1. The molecule has 3 aromatic carbocycles. The van der Waals surface area contributed by atoms with Gasteiger partial charge < -0.3 is 14.8 Å². The van der Waals surface area contributed by atoms with Crippen molar-refractivity contribution < 1.29 is 19.1 Å². The molecule has 3 aromatic rings. The summed E-state index contributed by atoms with van der Waals surface area (Å²) in [6, 6.07) is 22.6. The second-order valence-electron chi connectivity index (χ2n) is 6.91. The predicted molar refractivity (Wildman–Crippen MR) is 127 cm³/mol. The van der Waals surface area contributed by atoms with Crippen LogP contribution in [0.5, 0.6) is 5.75 Å². The van der Waals surface area contributed by atoms with Gasteiger partial charge in [0.2, 0.25) is 0 Å². The molecule has 33 heavy (non-hydrogen) atoms. The third kappa shape index (κ3) is 6.96. The second kappa shape index (κ2) is 11.5. The third-order valence-corrected chi connectivity index (χ3v) is 4.72. The molecule has 0 radical (unpaired) electrons. The van der Waals surface area contributed by atoms with E-state index in [1.54, 1.807) is 61.5 Å². The molecule has 0 atom stereocenters. The number of nitrogens with one attached hydrogen (secondary N) is 1. The summed E-state index contributed by atoms with van der Waals surface area (Å²) < 4.78 is 10.7. The van der Waals surface area contributed by atoms with Crippen LogP contribution in [0.1, 0.15) is 28.4 Å². The van der Waals surface area contributed by atoms with E-state index in [2.05, 4.69) is 5.32 Å². The number of anilines is 1. The van der Waals surface area contributed by atoms with E-state index in [1.807, 2.05) is 24.3 Å². The molecule has 1 N–H and O–H groups in total. The lowest BCUT2D eigenvalue weighted by Crippen LogP contribution is -2.13. The molecule has 0 fully saturated rings. The van der Waals surface area contributed by atoms with Gasteiger partial charge in [0.15, 0.2) is 0 Å². The van der Waals surface area contributed by atoms with Crippen LogP contribution in [0.4, 0.5) is 5.69 Å². The minimum atomic E-state index is -0.563. The number of carbonyl (C=O) groups excluding carboxylic acids is 2. The van der Waals surface area contributed by atoms with Crippen LogP contribution in [0.3, 0.4) is 0 Å². The van der Waals surface area contributed by atoms with Crippen molar-refractivity contribution in [2.75, 3.05) is 11.9 Å². The SMILES string of the molecule is CCOC(=O)c1ccc(NC(=O)/C(C#N)=C\c2cccc(OCc3cccc(Cl)c3)c2)cc1. The molecule has 0 saturated carbocycles. The van der Waals surface area contributed by atoms with Crippen molar-refractivity contribution in [3.8, 4) is 11.8 Å². The van der Waals surface area contributed by atoms with Crippen LogP contribution in [-0.4, -0.2) is 18.5 Å². The van der Waals surface area contributed by atoms with Gasteiger partial charge in [-0.2, -0.15) is 5.26 Å². The largest absolute Gasteiger partial charge is 0.489 e. The van der Waals surface area contributed by atoms with Crippen LogP contribution >= 0.6 is 11.6 Å². The monoisotopic (exact) mass is 460 g/mol. The third-order valence-electron chi connectivity index (χ3n) is 4.48. The molecular weight excluding hydrogens is 440 g/mol. The van der Waals surface area contributed by atoms with Gasteiger partial charge in [0.25, 0.3) is 5.91 Å². The highest BCUT2D eigenvalue weighted by Gasteiger charge is 2.11. The maximum Gasteiger partial charge on any atom is 0.338 e. The van der Waals surface area contributed by atoms with Gasteiger partial charge >= 0.3 is 5.97 Å². The number of ether oxygens (including phenoxy) is 2. The fraction of sp³-hybridized carbons (Fsp3) is 0.115. The lowest BCUT2D eigenvalue weighted by Gasteiger charge is -2.08. The Morgan fingerprint density at radius 1 is 1.06 bits per heavy atom. The number of carbonyl (C=O) groups is 2. The highest BCUT2D eigenvalue weighted by molar-refractivity contribution is 6.30. The van der Waals surface area contributed by atoms with Crippen molar-refractivity contribution in [2.24, 2.45) is 0 Å². The lowest BCUT2D eigenvalue weighted by molar-refractivity contribution is -0.112. The van der Waals surface area contributed by atoms with Gasteiger partial charge in [-0.15, -0.1) is 0 Å². The van der Waals surface area contributed by atoms with Crippen molar-refractivity contribution in [3.05, 3.63) is 100 Å². The van der Waals surface area contributed by atoms with Crippen molar-refractivity contribution in [3.63, 3.8) is 0 Å². The van der Waals surface area contributed by atoms with E-state index < -0.39 is 11.9 Å². The maximum atomic E-state index is 12.6. The van der Waals surface area contributed by atoms with Crippen molar-refractivity contribution in [1.29, 1.82) is 5.26 Å². The average molecular weight is 461 g/mol. The smallest absolute Gasteiger partial charge is 0.338 e. The molecule has 7 heteroatoms. The van der Waals surface area contributed by atoms with E-state index in [0.29, 0.717) is 34.2 Å². The highest BCUT2D eigenvalue weighted by atomic mass is 35.5. The maximum absolute atomic E-state index is 12.6. The molecule has 0 aliphatic rings. The van der Waals surface area contributed by atoms with Crippen LogP contribution < -0.4 is 10.1 Å². The normalized spacial score (nSPS) is 10.8. The number of rotatable bonds is 8. The first kappa shape index (κ1) is 23.6. The summed E-state index contributed by atoms with van der Waals surface area (Å²) in [7, 11) is 0. The Morgan fingerprint density at radius 3 is 2.52 bits per heavy atom. The van der Waals surface area contributed by atoms with Gasteiger partial charge in [0.05, 0.1) is 12.2 Å². The van der Waals surface area contributed by atoms with E-state index in [0.717, 1.165) is 5.56 Å². The summed E-state index contributed by atoms with van der Waals surface area (Å²) in [5.74, 6) is -0.409. The van der Waals surface area contributed by atoms with E-state index in [9.17, 15) is 14.9 Å². The lowest BCUT2D eigenvalue weighted by atomic mass is 10.1. The minimum Gasteiger partial charge on any atom is -0.489 e. The molecule has 166 valence electrons. The van der Waals surface area contributed by atoms with E-state index >= 15 is 0 Å². The number of nitriles is 1. The molecule has 0 heterocycles. The molecule has 3 rings (SSSR count). The van der Waals surface area contributed by atoms with Gasteiger partial charge in [-0.05, 0) is 72.7 Å². The first-order chi connectivity index (χ1) is 16.0. The molecule has 0 bridgehead atoms. The Morgan fingerprint density at radius 2 is 1.82 bits per heavy atom. The molecule has 0 unspecified atom stereocenters. The van der Waals surface area contributed by atoms with Crippen molar-refractivity contribution in [2.45, 2.75) is 13.5 Å². The molecule has 0 aromatic heterocycles. The quantitative estimate of drug-likeness (QED) is 0.267. The molecule has 0 aliphatic heterocycles. The fourth-order valence-electron chi connectivity index (χ4n) is 2.91. The zero-order chi connectivity index (χ0) is 23.6. The van der Waals surface area contributed by atoms with Crippen LogP contribution in [0.25, 0.3) is 6.08 Å². The van der Waals surface area contributed by atoms with Gasteiger partial charge in [0.1, 0.15) is 24.0 Å². The molecule has 0 saturated heterocycles. The summed E-state index contributed by atoms with van der Waals surface area (Å²) in [5.41, 5.74) is 2.32. The first-order valence-corrected chi connectivity index (χ1v) is 10.5. The van der Waals surface area contributed by atoms with Crippen molar-refractivity contribution >= 4 is 35.2 Å². The zero-order valence-electron chi connectivity index (χ0n) is 17.9. The van der Waals surface area contributed by atoms with Crippen LogP contribution in [0, 0.1) is 11.3 Å². The van der Waals surface area contributed by atoms with E-state index in [1.165, 1.54) is 6.08 Å². The Bertz CT molecular complexity index is 1210. The second-order valence-corrected chi connectivity index (χ2v) is 7.35. The zero-order valence-corrected chi connectivity index (χ0v) is 18.6. The van der Waals surface area contributed by atoms with Crippen LogP contribution in [-0.2, 0) is 16.1 Å². The summed E-state index contributed by atoms with van der Waals surface area (Å²) in [6.07, 6.45) is 1.48. The average Bonchev–Trinajstić information content (AvgIpc) is 2.82. The van der Waals surface area contributed by atoms with Gasteiger partial charge in [-0.25, -0.2) is 4.79 Å². The molecular formula is C26H21ClN2O4. The highest BCUT2D eigenvalue weighted by Crippen LogP contribution is 2.19. The Kier molecular flexibility index (Phi) is 8.23. The predicted octanol–water partition coefficient (Wildman–Crippen LogP) is 5.64. The van der Waals surface area contributed by atoms with Gasteiger partial charge in [-0.3, -0.25) is 4.79 Å². The fourth-order valence-corrected chi connectivity index (χ4v) is 3.12. The number of halogens is 1. The minimum absolute atomic E-state index is 0.0727. The number of hydrogen-bond donors (Lipinski definition) is 1. The van der Waals surface area contributed by atoms with E-state index in [4.69, 9.17) is 21.1 Å². The van der Waals surface area contributed by atoms with Crippen LogP contribution in [0.15, 0.2) is 78.4 Å². The summed E-state index contributed by atoms with van der Waals surface area (Å²) in [5, 5.41) is 12.8. The van der Waals surface area contributed by atoms with E-state index in [-0.39, 0.29) is 12.2 Å². The van der Waals surface area contributed by atoms with Gasteiger partial charge in [0, 0.05) is 10.7 Å².